The summed E-state index contributed by atoms with van der Waals surface area (Å²) in [6.07, 6.45) is -0.868. The molecule has 0 spiro atoms. The van der Waals surface area contributed by atoms with Gasteiger partial charge in [-0.1, -0.05) is 93.6 Å². The zero-order valence-corrected chi connectivity index (χ0v) is 23.8. The lowest BCUT2D eigenvalue weighted by atomic mass is 9.88. The first-order valence-electron chi connectivity index (χ1n) is 12.9. The van der Waals surface area contributed by atoms with Crippen LogP contribution in [0.5, 0.6) is 5.75 Å². The smallest absolute Gasteiger partial charge is 0.254 e. The van der Waals surface area contributed by atoms with Crippen LogP contribution in [0.25, 0.3) is 0 Å². The Morgan fingerprint density at radius 3 is 2.03 bits per heavy atom. The lowest BCUT2D eigenvalue weighted by Gasteiger charge is -2.52. The molecular weight excluding hydrogens is 478 g/mol. The number of likely N-dealkylation sites (tertiary alicyclic amines) is 1. The number of carbonyl (C=O) groups is 1. The average molecular weight is 518 g/mol. The van der Waals surface area contributed by atoms with Crippen LogP contribution in [-0.2, 0) is 27.1 Å². The lowest BCUT2D eigenvalue weighted by Crippen LogP contribution is -2.68. The van der Waals surface area contributed by atoms with Crippen LogP contribution in [0.3, 0.4) is 0 Å². The molecule has 1 aliphatic heterocycles. The number of β-lactam (4-membered cyclic amide) rings is 1. The van der Waals surface area contributed by atoms with Gasteiger partial charge in [-0.2, -0.15) is 0 Å². The van der Waals surface area contributed by atoms with Crippen molar-refractivity contribution in [3.63, 3.8) is 0 Å². The van der Waals surface area contributed by atoms with Gasteiger partial charge in [-0.25, -0.2) is 0 Å². The third-order valence-corrected chi connectivity index (χ3v) is 12.1. The van der Waals surface area contributed by atoms with Crippen molar-refractivity contribution < 1.29 is 18.7 Å². The molecule has 1 fully saturated rings. The fraction of sp³-hybridized carbons (Fsp3) is 0.387. The molecule has 3 aromatic rings. The molecule has 0 aliphatic carbocycles. The number of methoxy groups -OCH3 is 1. The Labute approximate surface area is 222 Å². The number of amides is 1. The van der Waals surface area contributed by atoms with E-state index in [2.05, 4.69) is 46.0 Å². The van der Waals surface area contributed by atoms with Crippen LogP contribution >= 0.6 is 0 Å². The van der Waals surface area contributed by atoms with Crippen molar-refractivity contribution >= 4 is 14.2 Å². The largest absolute Gasteiger partial charge is 0.497 e. The molecule has 1 heterocycles. The Morgan fingerprint density at radius 1 is 0.865 bits per heavy atom. The number of carbonyl (C=O) groups excluding carboxylic acids is 1. The molecule has 37 heavy (non-hydrogen) atoms. The summed E-state index contributed by atoms with van der Waals surface area (Å²) in [6, 6.07) is 27.9. The summed E-state index contributed by atoms with van der Waals surface area (Å²) in [5, 5.41) is 0.0228. The maximum absolute atomic E-state index is 13.6. The van der Waals surface area contributed by atoms with Gasteiger partial charge in [-0.3, -0.25) is 4.79 Å². The van der Waals surface area contributed by atoms with E-state index in [4.69, 9.17) is 13.9 Å². The Morgan fingerprint density at radius 2 is 1.46 bits per heavy atom. The van der Waals surface area contributed by atoms with Crippen LogP contribution in [0, 0.1) is 0 Å². The highest BCUT2D eigenvalue weighted by molar-refractivity contribution is 6.74. The highest BCUT2D eigenvalue weighted by atomic mass is 28.4. The number of hydrogen-bond donors (Lipinski definition) is 0. The van der Waals surface area contributed by atoms with Crippen molar-refractivity contribution in [2.75, 3.05) is 7.11 Å². The average Bonchev–Trinajstić information content (AvgIpc) is 2.89. The predicted octanol–water partition coefficient (Wildman–Crippen LogP) is 6.75. The summed E-state index contributed by atoms with van der Waals surface area (Å²) >= 11 is 0. The lowest BCUT2D eigenvalue weighted by molar-refractivity contribution is -0.188. The second-order valence-electron chi connectivity index (χ2n) is 11.2. The zero-order chi connectivity index (χ0) is 26.6. The topological polar surface area (TPSA) is 48.0 Å². The first-order valence-corrected chi connectivity index (χ1v) is 15.8. The van der Waals surface area contributed by atoms with Gasteiger partial charge in [0.05, 0.1) is 25.9 Å². The molecule has 1 saturated heterocycles. The molecule has 0 unspecified atom stereocenters. The predicted molar refractivity (Wildman–Crippen MR) is 150 cm³/mol. The fourth-order valence-electron chi connectivity index (χ4n) is 4.37. The Bertz CT molecular complexity index is 1160. The van der Waals surface area contributed by atoms with E-state index in [0.29, 0.717) is 13.2 Å². The van der Waals surface area contributed by atoms with E-state index in [0.717, 1.165) is 22.4 Å². The maximum atomic E-state index is 13.6. The number of rotatable bonds is 10. The number of benzene rings is 3. The first-order chi connectivity index (χ1) is 17.6. The Balaban J connectivity index is 1.67. The summed E-state index contributed by atoms with van der Waals surface area (Å²) in [5.74, 6) is 0.791. The van der Waals surface area contributed by atoms with Gasteiger partial charge >= 0.3 is 0 Å². The third kappa shape index (κ3) is 6.14. The minimum absolute atomic E-state index is 0.00323. The minimum atomic E-state index is -2.18. The summed E-state index contributed by atoms with van der Waals surface area (Å²) in [4.78, 5) is 15.5. The van der Waals surface area contributed by atoms with Crippen LogP contribution in [-0.4, -0.2) is 38.4 Å². The molecule has 0 N–H and O–H groups in total. The molecule has 0 saturated carbocycles. The number of hydrogen-bond acceptors (Lipinski definition) is 4. The highest BCUT2D eigenvalue weighted by Crippen LogP contribution is 2.44. The van der Waals surface area contributed by atoms with E-state index in [1.54, 1.807) is 7.11 Å². The van der Waals surface area contributed by atoms with E-state index in [1.807, 2.05) is 77.7 Å². The van der Waals surface area contributed by atoms with Gasteiger partial charge in [-0.15, -0.1) is 0 Å². The summed E-state index contributed by atoms with van der Waals surface area (Å²) in [7, 11) is -0.524. The molecule has 0 bridgehead atoms. The van der Waals surface area contributed by atoms with E-state index in [1.165, 1.54) is 0 Å². The molecule has 1 aliphatic rings. The van der Waals surface area contributed by atoms with Gasteiger partial charge in [0.15, 0.2) is 14.4 Å². The monoisotopic (exact) mass is 517 g/mol. The Kier molecular flexibility index (Phi) is 8.22. The van der Waals surface area contributed by atoms with E-state index < -0.39 is 14.4 Å². The van der Waals surface area contributed by atoms with Gasteiger partial charge in [0, 0.05) is 6.54 Å². The van der Waals surface area contributed by atoms with Crippen molar-refractivity contribution in [1.82, 2.24) is 4.90 Å². The standard InChI is InChI=1S/C31H39NO4Si/c1-31(2,3)37(5,6)36-28(25-15-11-8-12-16-25)27-29(35-22-24-13-9-7-10-14-24)30(33)32(27)21-23-17-19-26(34-4)20-18-23/h7-20,27-29H,21-22H2,1-6H3/t27-,28+,29+/m0/s1. The van der Waals surface area contributed by atoms with Crippen molar-refractivity contribution in [3.8, 4) is 5.75 Å². The molecule has 3 aromatic carbocycles. The van der Waals surface area contributed by atoms with E-state index >= 15 is 0 Å². The van der Waals surface area contributed by atoms with Crippen LogP contribution in [0.1, 0.15) is 43.6 Å². The first kappa shape index (κ1) is 27.1. The fourth-order valence-corrected chi connectivity index (χ4v) is 5.64. The molecule has 3 atom stereocenters. The number of ether oxygens (including phenoxy) is 2. The minimum Gasteiger partial charge on any atom is -0.497 e. The SMILES string of the molecule is COc1ccc(CN2C(=O)[C@H](OCc3ccccc3)[C@@H]2[C@H](O[Si](C)(C)C(C)(C)C)c2ccccc2)cc1. The van der Waals surface area contributed by atoms with Gasteiger partial charge < -0.3 is 18.8 Å². The molecule has 5 nitrogen and oxygen atoms in total. The second kappa shape index (κ2) is 11.2. The van der Waals surface area contributed by atoms with E-state index in [9.17, 15) is 4.79 Å². The van der Waals surface area contributed by atoms with Gasteiger partial charge in [0.2, 0.25) is 0 Å². The number of nitrogens with zero attached hydrogens (tertiary/aromatic N) is 1. The highest BCUT2D eigenvalue weighted by Gasteiger charge is 2.54. The van der Waals surface area contributed by atoms with Crippen molar-refractivity contribution in [2.45, 2.75) is 70.3 Å². The molecular formula is C31H39NO4Si. The molecule has 196 valence electrons. The summed E-state index contributed by atoms with van der Waals surface area (Å²) < 4.78 is 18.7. The molecule has 4 rings (SSSR count). The third-order valence-electron chi connectivity index (χ3n) is 7.65. The second-order valence-corrected chi connectivity index (χ2v) is 16.0. The van der Waals surface area contributed by atoms with E-state index in [-0.39, 0.29) is 23.1 Å². The molecule has 0 aromatic heterocycles. The van der Waals surface area contributed by atoms with Gasteiger partial charge in [0.1, 0.15) is 5.75 Å². The maximum Gasteiger partial charge on any atom is 0.254 e. The van der Waals surface area contributed by atoms with Crippen molar-refractivity contribution in [3.05, 3.63) is 102 Å². The summed E-state index contributed by atoms with van der Waals surface area (Å²) in [5.41, 5.74) is 3.15. The normalized spacial score (nSPS) is 18.9. The summed E-state index contributed by atoms with van der Waals surface area (Å²) in [6.45, 7) is 12.1. The Hall–Kier alpha value is -2.93. The van der Waals surface area contributed by atoms with Crippen LogP contribution in [0.15, 0.2) is 84.9 Å². The van der Waals surface area contributed by atoms with Gasteiger partial charge in [0.25, 0.3) is 5.91 Å². The molecule has 6 heteroatoms. The quantitative estimate of drug-likeness (QED) is 0.220. The van der Waals surface area contributed by atoms with Crippen molar-refractivity contribution in [2.24, 2.45) is 0 Å². The molecule has 0 radical (unpaired) electrons. The van der Waals surface area contributed by atoms with Gasteiger partial charge in [-0.05, 0) is 47.0 Å². The molecule has 1 amide bonds. The van der Waals surface area contributed by atoms with Crippen LogP contribution in [0.2, 0.25) is 18.1 Å². The van der Waals surface area contributed by atoms with Crippen LogP contribution < -0.4 is 4.74 Å². The zero-order valence-electron chi connectivity index (χ0n) is 22.8. The van der Waals surface area contributed by atoms with Crippen LogP contribution in [0.4, 0.5) is 0 Å². The van der Waals surface area contributed by atoms with Crippen molar-refractivity contribution in [1.29, 1.82) is 0 Å².